The molecule has 0 radical (unpaired) electrons. The van der Waals surface area contributed by atoms with Gasteiger partial charge in [0.05, 0.1) is 0 Å². The summed E-state index contributed by atoms with van der Waals surface area (Å²) in [6.45, 7) is 9.14. The fourth-order valence-electron chi connectivity index (χ4n) is 0.646. The second-order valence-electron chi connectivity index (χ2n) is 3.45. The fourth-order valence-corrected chi connectivity index (χ4v) is 0.646. The molecule has 0 aromatic rings. The zero-order valence-corrected chi connectivity index (χ0v) is 7.86. The minimum atomic E-state index is 0.335. The van der Waals surface area contributed by atoms with Crippen LogP contribution in [-0.4, -0.2) is 18.5 Å². The normalized spacial score (nSPS) is 10.4. The van der Waals surface area contributed by atoms with Crippen molar-refractivity contribution in [2.45, 2.75) is 33.7 Å². The van der Waals surface area contributed by atoms with E-state index in [-0.39, 0.29) is 0 Å². The third kappa shape index (κ3) is 7.16. The Morgan fingerprint density at radius 1 is 1.27 bits per heavy atom. The van der Waals surface area contributed by atoms with Crippen LogP contribution in [0.15, 0.2) is 0 Å². The Hall–Kier alpha value is -0.730. The molecule has 3 N–H and O–H groups in total. The van der Waals surface area contributed by atoms with Gasteiger partial charge in [-0.2, -0.15) is 0 Å². The van der Waals surface area contributed by atoms with E-state index in [9.17, 15) is 0 Å². The molecule has 0 saturated carbocycles. The molecule has 0 aliphatic carbocycles. The average Bonchev–Trinajstić information content (AvgIpc) is 1.82. The maximum absolute atomic E-state index is 7.39. The van der Waals surface area contributed by atoms with Crippen LogP contribution in [0.2, 0.25) is 0 Å². The fraction of sp³-hybridized carbons (Fsp3) is 0.875. The molecule has 0 spiro atoms. The number of rotatable bonds is 3. The molecule has 0 aliphatic heterocycles. The predicted octanol–water partition coefficient (Wildman–Crippen LogP) is 1.16. The van der Waals surface area contributed by atoms with Crippen molar-refractivity contribution in [2.75, 3.05) is 6.54 Å². The topological polar surface area (TPSA) is 47.9 Å². The average molecular weight is 157 g/mol. The molecule has 0 amide bonds. The Balaban J connectivity index is 3.38. The van der Waals surface area contributed by atoms with Crippen molar-refractivity contribution in [3.63, 3.8) is 0 Å². The smallest absolute Gasteiger partial charge is 0.188 e. The van der Waals surface area contributed by atoms with Crippen LogP contribution in [0.1, 0.15) is 27.7 Å². The van der Waals surface area contributed by atoms with E-state index in [2.05, 4.69) is 24.5 Å². The van der Waals surface area contributed by atoms with Gasteiger partial charge in [0.2, 0.25) is 0 Å². The molecule has 0 aliphatic rings. The molecule has 11 heavy (non-hydrogen) atoms. The van der Waals surface area contributed by atoms with Crippen LogP contribution < -0.4 is 10.6 Å². The molecule has 0 aromatic heterocycles. The lowest BCUT2D eigenvalue weighted by molar-refractivity contribution is 0.603. The first kappa shape index (κ1) is 10.3. The molecule has 0 rings (SSSR count). The Bertz CT molecular complexity index is 119. The second-order valence-corrected chi connectivity index (χ2v) is 3.45. The van der Waals surface area contributed by atoms with Gasteiger partial charge < -0.3 is 10.6 Å². The van der Waals surface area contributed by atoms with Crippen molar-refractivity contribution in [3.8, 4) is 0 Å². The molecule has 0 unspecified atom stereocenters. The van der Waals surface area contributed by atoms with Gasteiger partial charge >= 0.3 is 0 Å². The maximum atomic E-state index is 7.39. The second kappa shape index (κ2) is 4.99. The van der Waals surface area contributed by atoms with E-state index in [4.69, 9.17) is 5.41 Å². The molecular weight excluding hydrogens is 138 g/mol. The molecule has 3 heteroatoms. The van der Waals surface area contributed by atoms with Gasteiger partial charge in [0.1, 0.15) is 0 Å². The first-order valence-corrected chi connectivity index (χ1v) is 4.11. The van der Waals surface area contributed by atoms with Gasteiger partial charge in [-0.05, 0) is 19.8 Å². The van der Waals surface area contributed by atoms with Gasteiger partial charge in [-0.25, -0.2) is 0 Å². The van der Waals surface area contributed by atoms with Gasteiger partial charge in [-0.3, -0.25) is 5.41 Å². The SMILES string of the molecule is CC(C)CNC(=N)NC(C)C. The van der Waals surface area contributed by atoms with E-state index in [1.807, 2.05) is 13.8 Å². The van der Waals surface area contributed by atoms with E-state index < -0.39 is 0 Å². The number of nitrogens with one attached hydrogen (secondary N) is 3. The minimum absolute atomic E-state index is 0.335. The van der Waals surface area contributed by atoms with Gasteiger partial charge in [0, 0.05) is 12.6 Å². The van der Waals surface area contributed by atoms with Crippen LogP contribution in [-0.2, 0) is 0 Å². The van der Waals surface area contributed by atoms with Crippen LogP contribution in [0.3, 0.4) is 0 Å². The highest BCUT2D eigenvalue weighted by Crippen LogP contribution is 1.86. The van der Waals surface area contributed by atoms with Crippen LogP contribution in [0, 0.1) is 11.3 Å². The highest BCUT2D eigenvalue weighted by molar-refractivity contribution is 5.76. The van der Waals surface area contributed by atoms with Gasteiger partial charge in [0.25, 0.3) is 0 Å². The van der Waals surface area contributed by atoms with E-state index in [1.54, 1.807) is 0 Å². The van der Waals surface area contributed by atoms with Crippen molar-refractivity contribution in [1.82, 2.24) is 10.6 Å². The number of hydrogen-bond donors (Lipinski definition) is 3. The summed E-state index contributed by atoms with van der Waals surface area (Å²) in [6, 6.07) is 0.335. The van der Waals surface area contributed by atoms with Crippen LogP contribution >= 0.6 is 0 Å². The Morgan fingerprint density at radius 3 is 2.18 bits per heavy atom. The summed E-state index contributed by atoms with van der Waals surface area (Å²) in [5.74, 6) is 1.01. The largest absolute Gasteiger partial charge is 0.356 e. The molecule has 0 fully saturated rings. The maximum Gasteiger partial charge on any atom is 0.188 e. The summed E-state index contributed by atoms with van der Waals surface area (Å²) in [4.78, 5) is 0. The highest BCUT2D eigenvalue weighted by atomic mass is 15.1. The van der Waals surface area contributed by atoms with Crippen LogP contribution in [0.5, 0.6) is 0 Å². The molecule has 0 saturated heterocycles. The summed E-state index contributed by atoms with van der Waals surface area (Å²) in [5, 5.41) is 13.3. The van der Waals surface area contributed by atoms with Crippen molar-refractivity contribution in [1.29, 1.82) is 5.41 Å². The number of guanidine groups is 1. The van der Waals surface area contributed by atoms with E-state index >= 15 is 0 Å². The summed E-state index contributed by atoms with van der Waals surface area (Å²) in [5.41, 5.74) is 0. The van der Waals surface area contributed by atoms with Crippen molar-refractivity contribution in [2.24, 2.45) is 5.92 Å². The molecule has 3 nitrogen and oxygen atoms in total. The standard InChI is InChI=1S/C8H19N3/c1-6(2)5-10-8(9)11-7(3)4/h6-7H,5H2,1-4H3,(H3,9,10,11). The molecule has 0 atom stereocenters. The predicted molar refractivity (Wildman–Crippen MR) is 48.8 cm³/mol. The van der Waals surface area contributed by atoms with Gasteiger partial charge in [-0.15, -0.1) is 0 Å². The Morgan fingerprint density at radius 2 is 1.82 bits per heavy atom. The Labute approximate surface area is 69.1 Å². The zero-order valence-electron chi connectivity index (χ0n) is 7.86. The van der Waals surface area contributed by atoms with Crippen LogP contribution in [0.4, 0.5) is 0 Å². The third-order valence-electron chi connectivity index (χ3n) is 1.12. The van der Waals surface area contributed by atoms with Crippen molar-refractivity contribution < 1.29 is 0 Å². The monoisotopic (exact) mass is 157 g/mol. The first-order valence-electron chi connectivity index (χ1n) is 4.11. The lowest BCUT2D eigenvalue weighted by atomic mass is 10.2. The molecular formula is C8H19N3. The highest BCUT2D eigenvalue weighted by Gasteiger charge is 1.98. The van der Waals surface area contributed by atoms with Crippen LogP contribution in [0.25, 0.3) is 0 Å². The quantitative estimate of drug-likeness (QED) is 0.425. The third-order valence-corrected chi connectivity index (χ3v) is 1.12. The van der Waals surface area contributed by atoms with E-state index in [0.717, 1.165) is 6.54 Å². The lowest BCUT2D eigenvalue weighted by Crippen LogP contribution is -2.41. The molecule has 0 heterocycles. The first-order chi connectivity index (χ1) is 5.02. The van der Waals surface area contributed by atoms with Crippen molar-refractivity contribution in [3.05, 3.63) is 0 Å². The zero-order chi connectivity index (χ0) is 8.85. The molecule has 0 aromatic carbocycles. The number of hydrogen-bond acceptors (Lipinski definition) is 1. The lowest BCUT2D eigenvalue weighted by Gasteiger charge is -2.13. The summed E-state index contributed by atoms with van der Waals surface area (Å²) >= 11 is 0. The van der Waals surface area contributed by atoms with E-state index in [0.29, 0.717) is 17.9 Å². The Kier molecular flexibility index (Phi) is 4.66. The molecule has 0 bridgehead atoms. The van der Waals surface area contributed by atoms with Crippen molar-refractivity contribution >= 4 is 5.96 Å². The summed E-state index contributed by atoms with van der Waals surface area (Å²) in [6.07, 6.45) is 0. The minimum Gasteiger partial charge on any atom is -0.356 e. The van der Waals surface area contributed by atoms with Gasteiger partial charge in [0.15, 0.2) is 5.96 Å². The van der Waals surface area contributed by atoms with Gasteiger partial charge in [-0.1, -0.05) is 13.8 Å². The summed E-state index contributed by atoms with van der Waals surface area (Å²) in [7, 11) is 0. The van der Waals surface area contributed by atoms with E-state index in [1.165, 1.54) is 0 Å². The summed E-state index contributed by atoms with van der Waals surface area (Å²) < 4.78 is 0. The molecule has 66 valence electrons.